The molecule has 2 aliphatic heterocycles. The van der Waals surface area contributed by atoms with Gasteiger partial charge in [-0.05, 0) is 12.8 Å². The Labute approximate surface area is 151 Å². The van der Waals surface area contributed by atoms with Crippen LogP contribution in [0.1, 0.15) is 38.5 Å². The number of guanidine groups is 2. The molecular formula is C14H26N8O4. The molecule has 0 saturated carbocycles. The van der Waals surface area contributed by atoms with Gasteiger partial charge in [-0.2, -0.15) is 0 Å². The first-order valence-electron chi connectivity index (χ1n) is 9.00. The summed E-state index contributed by atoms with van der Waals surface area (Å²) in [5.74, 6) is 0.725. The molecule has 0 spiro atoms. The maximum Gasteiger partial charge on any atom is 0.271 e. The summed E-state index contributed by atoms with van der Waals surface area (Å²) >= 11 is 0. The van der Waals surface area contributed by atoms with E-state index >= 15 is 0 Å². The smallest absolute Gasteiger partial charge is 0.271 e. The molecule has 0 radical (unpaired) electrons. The van der Waals surface area contributed by atoms with E-state index < -0.39 is 10.1 Å². The highest BCUT2D eigenvalue weighted by Crippen LogP contribution is 2.09. The third-order valence-electron chi connectivity index (χ3n) is 4.39. The fourth-order valence-corrected chi connectivity index (χ4v) is 3.14. The number of unbranched alkanes of at least 4 members (excludes halogenated alkanes) is 5. The molecule has 0 unspecified atom stereocenters. The van der Waals surface area contributed by atoms with Crippen LogP contribution in [-0.2, 0) is 0 Å². The molecule has 2 N–H and O–H groups in total. The Bertz CT molecular complexity index is 505. The second-order valence-corrected chi connectivity index (χ2v) is 6.27. The van der Waals surface area contributed by atoms with Crippen LogP contribution in [0, 0.1) is 20.2 Å². The van der Waals surface area contributed by atoms with Gasteiger partial charge < -0.3 is 20.4 Å². The van der Waals surface area contributed by atoms with E-state index in [-0.39, 0.29) is 0 Å². The molecule has 0 aromatic carbocycles. The number of nitro groups is 2. The van der Waals surface area contributed by atoms with Gasteiger partial charge in [0.25, 0.3) is 11.9 Å². The molecular weight excluding hydrogens is 344 g/mol. The van der Waals surface area contributed by atoms with Gasteiger partial charge in [0.15, 0.2) is 10.1 Å². The summed E-state index contributed by atoms with van der Waals surface area (Å²) in [6.07, 6.45) is 6.32. The summed E-state index contributed by atoms with van der Waals surface area (Å²) in [6, 6.07) is 0. The summed E-state index contributed by atoms with van der Waals surface area (Å²) in [5.41, 5.74) is 0. The van der Waals surface area contributed by atoms with Crippen molar-refractivity contribution in [2.75, 3.05) is 39.3 Å². The molecule has 12 heteroatoms. The minimum Gasteiger partial charge on any atom is -0.349 e. The Morgan fingerprint density at radius 1 is 0.769 bits per heavy atom. The van der Waals surface area contributed by atoms with E-state index in [0.717, 1.165) is 64.7 Å². The van der Waals surface area contributed by atoms with Gasteiger partial charge in [-0.25, -0.2) is 20.2 Å². The van der Waals surface area contributed by atoms with Gasteiger partial charge >= 0.3 is 0 Å². The Hall–Kier alpha value is -2.66. The van der Waals surface area contributed by atoms with Crippen LogP contribution in [0.5, 0.6) is 0 Å². The standard InChI is InChI=1S/C14H26N8O4/c23-21(24)17-13-15-7-11-19(13)9-5-3-1-2-4-6-10-20-12-8-16-14(20)18-22(25)26/h1-12H2,(H,15,17)(H,16,18). The van der Waals surface area contributed by atoms with Crippen LogP contribution in [0.3, 0.4) is 0 Å². The Morgan fingerprint density at radius 3 is 1.54 bits per heavy atom. The fraction of sp³-hybridized carbons (Fsp3) is 0.857. The molecule has 0 atom stereocenters. The number of rotatable bonds is 11. The van der Waals surface area contributed by atoms with Crippen LogP contribution in [0.25, 0.3) is 0 Å². The molecule has 2 fully saturated rings. The van der Waals surface area contributed by atoms with E-state index in [1.54, 1.807) is 0 Å². The van der Waals surface area contributed by atoms with Crippen LogP contribution in [0.2, 0.25) is 0 Å². The highest BCUT2D eigenvalue weighted by atomic mass is 16.7. The second kappa shape index (κ2) is 10.4. The lowest BCUT2D eigenvalue weighted by molar-refractivity contribution is -0.485. The van der Waals surface area contributed by atoms with Gasteiger partial charge in [-0.1, -0.05) is 25.7 Å². The van der Waals surface area contributed by atoms with E-state index in [4.69, 9.17) is 0 Å². The maximum absolute atomic E-state index is 10.4. The molecule has 2 rings (SSSR count). The monoisotopic (exact) mass is 370 g/mol. The van der Waals surface area contributed by atoms with Gasteiger partial charge in [-0.15, -0.1) is 0 Å². The third-order valence-corrected chi connectivity index (χ3v) is 4.39. The molecule has 0 aromatic heterocycles. The van der Waals surface area contributed by atoms with Gasteiger partial charge in [0.1, 0.15) is 10.2 Å². The van der Waals surface area contributed by atoms with Crippen molar-refractivity contribution >= 4 is 11.9 Å². The summed E-state index contributed by atoms with van der Waals surface area (Å²) in [5, 5.41) is 32.1. The molecule has 12 nitrogen and oxygen atoms in total. The largest absolute Gasteiger partial charge is 0.349 e. The fourth-order valence-electron chi connectivity index (χ4n) is 3.14. The molecule has 0 aliphatic carbocycles. The zero-order chi connectivity index (χ0) is 18.8. The SMILES string of the molecule is O=[N+]([O-])N=C1NCCN1CCCCCCCCN1CCNC1=N[N+](=O)[O-]. The third kappa shape index (κ3) is 6.69. The van der Waals surface area contributed by atoms with Crippen molar-refractivity contribution in [3.63, 3.8) is 0 Å². The summed E-state index contributed by atoms with van der Waals surface area (Å²) in [6.45, 7) is 4.45. The van der Waals surface area contributed by atoms with E-state index in [0.29, 0.717) is 25.0 Å². The van der Waals surface area contributed by atoms with Crippen molar-refractivity contribution in [1.82, 2.24) is 20.4 Å². The lowest BCUT2D eigenvalue weighted by Crippen LogP contribution is -2.32. The first-order valence-corrected chi connectivity index (χ1v) is 9.00. The number of nitrogens with one attached hydrogen (secondary N) is 2. The average Bonchev–Trinajstić information content (AvgIpc) is 3.18. The highest BCUT2D eigenvalue weighted by Gasteiger charge is 2.21. The first kappa shape index (κ1) is 19.7. The summed E-state index contributed by atoms with van der Waals surface area (Å²) < 4.78 is 0. The van der Waals surface area contributed by atoms with Crippen molar-refractivity contribution < 1.29 is 10.1 Å². The van der Waals surface area contributed by atoms with Crippen molar-refractivity contribution in [1.29, 1.82) is 0 Å². The molecule has 146 valence electrons. The Kier molecular flexibility index (Phi) is 7.83. The quantitative estimate of drug-likeness (QED) is 0.299. The molecule has 2 heterocycles. The summed E-state index contributed by atoms with van der Waals surface area (Å²) in [4.78, 5) is 24.7. The van der Waals surface area contributed by atoms with Crippen LogP contribution >= 0.6 is 0 Å². The molecule has 26 heavy (non-hydrogen) atoms. The van der Waals surface area contributed by atoms with Crippen LogP contribution < -0.4 is 10.6 Å². The number of hydrazone groups is 2. The summed E-state index contributed by atoms with van der Waals surface area (Å²) in [7, 11) is 0. The van der Waals surface area contributed by atoms with Crippen molar-refractivity contribution in [2.24, 2.45) is 10.2 Å². The normalized spacial score (nSPS) is 19.8. The Morgan fingerprint density at radius 2 is 1.15 bits per heavy atom. The van der Waals surface area contributed by atoms with E-state index in [1.807, 2.05) is 9.80 Å². The van der Waals surface area contributed by atoms with Crippen LogP contribution in [0.4, 0.5) is 0 Å². The number of nitrogens with zero attached hydrogens (tertiary/aromatic N) is 6. The van der Waals surface area contributed by atoms with E-state index in [1.165, 1.54) is 0 Å². The molecule has 2 saturated heterocycles. The van der Waals surface area contributed by atoms with E-state index in [9.17, 15) is 20.2 Å². The number of hydrogen-bond donors (Lipinski definition) is 2. The molecule has 0 bridgehead atoms. The predicted octanol–water partition coefficient (Wildman–Crippen LogP) is 0.233. The van der Waals surface area contributed by atoms with Crippen molar-refractivity contribution in [3.05, 3.63) is 20.2 Å². The minimum atomic E-state index is -0.668. The number of hydrogen-bond acceptors (Lipinski definition) is 4. The topological polar surface area (TPSA) is 142 Å². The zero-order valence-electron chi connectivity index (χ0n) is 14.8. The highest BCUT2D eigenvalue weighted by molar-refractivity contribution is 5.81. The predicted molar refractivity (Wildman–Crippen MR) is 95.7 cm³/mol. The van der Waals surface area contributed by atoms with Gasteiger partial charge in [-0.3, -0.25) is 0 Å². The van der Waals surface area contributed by atoms with Crippen molar-refractivity contribution in [3.8, 4) is 0 Å². The lowest BCUT2D eigenvalue weighted by atomic mass is 10.1. The van der Waals surface area contributed by atoms with E-state index in [2.05, 4.69) is 20.8 Å². The van der Waals surface area contributed by atoms with Crippen LogP contribution in [-0.4, -0.2) is 71.1 Å². The molecule has 0 aromatic rings. The minimum absolute atomic E-state index is 0.362. The molecule has 0 amide bonds. The van der Waals surface area contributed by atoms with Crippen LogP contribution in [0.15, 0.2) is 10.2 Å². The molecule has 2 aliphatic rings. The van der Waals surface area contributed by atoms with Gasteiger partial charge in [0.05, 0.1) is 0 Å². The lowest BCUT2D eigenvalue weighted by Gasteiger charge is -2.15. The second-order valence-electron chi connectivity index (χ2n) is 6.27. The maximum atomic E-state index is 10.4. The van der Waals surface area contributed by atoms with Gasteiger partial charge in [0, 0.05) is 39.3 Å². The Balaban J connectivity index is 1.51. The van der Waals surface area contributed by atoms with Crippen molar-refractivity contribution in [2.45, 2.75) is 38.5 Å². The van der Waals surface area contributed by atoms with Gasteiger partial charge in [0.2, 0.25) is 0 Å². The first-order chi connectivity index (χ1) is 12.6. The zero-order valence-corrected chi connectivity index (χ0v) is 14.8. The average molecular weight is 370 g/mol.